The van der Waals surface area contributed by atoms with Gasteiger partial charge in [-0.3, -0.25) is 0 Å². The average Bonchev–Trinajstić information content (AvgIpc) is 2.81. The molecule has 0 bridgehead atoms. The zero-order valence-electron chi connectivity index (χ0n) is 12.0. The first-order chi connectivity index (χ1) is 8.56. The number of nitrogens with zero attached hydrogens (tertiary/aromatic N) is 1. The van der Waals surface area contributed by atoms with E-state index < -0.39 is 0 Å². The smallest absolute Gasteiger partial charge is 0.170 e. The van der Waals surface area contributed by atoms with Gasteiger partial charge in [-0.25, -0.2) is 0 Å². The van der Waals surface area contributed by atoms with Crippen molar-refractivity contribution in [1.82, 2.24) is 4.90 Å². The molecule has 0 amide bonds. The molecular weight excluding hydrogens is 228 g/mol. The highest BCUT2D eigenvalue weighted by atomic mass is 16.7. The van der Waals surface area contributed by atoms with E-state index in [2.05, 4.69) is 25.8 Å². The molecule has 2 fully saturated rings. The lowest BCUT2D eigenvalue weighted by Crippen LogP contribution is -2.56. The number of hydrogen-bond acceptors (Lipinski definition) is 4. The van der Waals surface area contributed by atoms with Crippen molar-refractivity contribution in [2.75, 3.05) is 26.8 Å². The lowest BCUT2D eigenvalue weighted by Gasteiger charge is -2.44. The Bertz CT molecular complexity index is 267. The molecule has 0 aromatic carbocycles. The van der Waals surface area contributed by atoms with Crippen molar-refractivity contribution in [2.45, 2.75) is 57.4 Å². The summed E-state index contributed by atoms with van der Waals surface area (Å²) >= 11 is 0. The van der Waals surface area contributed by atoms with E-state index in [-0.39, 0.29) is 11.8 Å². The van der Waals surface area contributed by atoms with Gasteiger partial charge in [-0.1, -0.05) is 20.3 Å². The minimum atomic E-state index is -0.329. The first-order valence-corrected chi connectivity index (χ1v) is 7.30. The summed E-state index contributed by atoms with van der Waals surface area (Å²) in [5.74, 6) is 0.384. The van der Waals surface area contributed by atoms with Crippen LogP contribution in [0.15, 0.2) is 0 Å². The summed E-state index contributed by atoms with van der Waals surface area (Å²) in [4.78, 5) is 2.41. The maximum atomic E-state index is 6.30. The Balaban J connectivity index is 1.96. The minimum absolute atomic E-state index is 0.248. The molecule has 1 aliphatic heterocycles. The van der Waals surface area contributed by atoms with Crippen LogP contribution in [0.1, 0.15) is 39.5 Å². The molecule has 0 radical (unpaired) electrons. The quantitative estimate of drug-likeness (QED) is 0.830. The number of likely N-dealkylation sites (N-methyl/N-ethyl adjacent to an activating group) is 1. The summed E-state index contributed by atoms with van der Waals surface area (Å²) in [5, 5.41) is 0. The Kier molecular flexibility index (Phi) is 4.64. The van der Waals surface area contributed by atoms with Crippen LogP contribution in [0, 0.1) is 5.92 Å². The summed E-state index contributed by atoms with van der Waals surface area (Å²) in [6, 6.07) is 0.628. The average molecular weight is 256 g/mol. The lowest BCUT2D eigenvalue weighted by atomic mass is 9.85. The Labute approximate surface area is 111 Å². The van der Waals surface area contributed by atoms with Gasteiger partial charge in [-0.2, -0.15) is 0 Å². The molecule has 1 heterocycles. The van der Waals surface area contributed by atoms with E-state index in [0.29, 0.717) is 12.0 Å². The van der Waals surface area contributed by atoms with Crippen LogP contribution in [-0.2, 0) is 9.47 Å². The second-order valence-electron chi connectivity index (χ2n) is 6.03. The second kappa shape index (κ2) is 5.87. The van der Waals surface area contributed by atoms with Crippen molar-refractivity contribution in [3.8, 4) is 0 Å². The van der Waals surface area contributed by atoms with Crippen LogP contribution in [0.25, 0.3) is 0 Å². The summed E-state index contributed by atoms with van der Waals surface area (Å²) < 4.78 is 11.7. The summed E-state index contributed by atoms with van der Waals surface area (Å²) in [7, 11) is 2.19. The van der Waals surface area contributed by atoms with Crippen LogP contribution in [0.2, 0.25) is 0 Å². The standard InChI is InChI=1S/C14H28N2O2/c1-4-11(2)10-16(3)13-9-14(6-5-12(13)15)17-7-8-18-14/h11-13H,4-10,15H2,1-3H3. The monoisotopic (exact) mass is 256 g/mol. The maximum absolute atomic E-state index is 6.30. The largest absolute Gasteiger partial charge is 0.347 e. The van der Waals surface area contributed by atoms with Crippen LogP contribution < -0.4 is 5.73 Å². The Morgan fingerprint density at radius 2 is 2.06 bits per heavy atom. The van der Waals surface area contributed by atoms with Gasteiger partial charge in [0.2, 0.25) is 0 Å². The third-order valence-corrected chi connectivity index (χ3v) is 4.55. The first-order valence-electron chi connectivity index (χ1n) is 7.30. The van der Waals surface area contributed by atoms with Crippen molar-refractivity contribution in [1.29, 1.82) is 0 Å². The zero-order chi connectivity index (χ0) is 13.2. The van der Waals surface area contributed by atoms with Gasteiger partial charge >= 0.3 is 0 Å². The number of rotatable bonds is 4. The van der Waals surface area contributed by atoms with E-state index in [1.54, 1.807) is 0 Å². The van der Waals surface area contributed by atoms with Crippen molar-refractivity contribution in [2.24, 2.45) is 11.7 Å². The summed E-state index contributed by atoms with van der Waals surface area (Å²) in [6.45, 7) is 7.10. The molecule has 106 valence electrons. The minimum Gasteiger partial charge on any atom is -0.347 e. The molecule has 2 rings (SSSR count). The van der Waals surface area contributed by atoms with E-state index in [1.807, 2.05) is 0 Å². The fourth-order valence-electron chi connectivity index (χ4n) is 3.15. The predicted octanol–water partition coefficient (Wildman–Crippen LogP) is 1.59. The molecule has 4 nitrogen and oxygen atoms in total. The van der Waals surface area contributed by atoms with E-state index in [9.17, 15) is 0 Å². The fraction of sp³-hybridized carbons (Fsp3) is 1.00. The Morgan fingerprint density at radius 3 is 2.67 bits per heavy atom. The maximum Gasteiger partial charge on any atom is 0.170 e. The summed E-state index contributed by atoms with van der Waals surface area (Å²) in [6.07, 6.45) is 4.07. The SMILES string of the molecule is CCC(C)CN(C)C1CC2(CCC1N)OCCO2. The lowest BCUT2D eigenvalue weighted by molar-refractivity contribution is -0.191. The van der Waals surface area contributed by atoms with Crippen LogP contribution in [0.4, 0.5) is 0 Å². The molecule has 2 aliphatic rings. The van der Waals surface area contributed by atoms with E-state index in [0.717, 1.165) is 39.0 Å². The number of ether oxygens (including phenoxy) is 2. The van der Waals surface area contributed by atoms with Crippen LogP contribution in [-0.4, -0.2) is 49.6 Å². The second-order valence-corrected chi connectivity index (χ2v) is 6.03. The van der Waals surface area contributed by atoms with E-state index in [1.165, 1.54) is 6.42 Å². The van der Waals surface area contributed by atoms with Gasteiger partial charge in [0.05, 0.1) is 13.2 Å². The highest BCUT2D eigenvalue weighted by Gasteiger charge is 2.45. The zero-order valence-corrected chi connectivity index (χ0v) is 12.0. The molecule has 3 atom stereocenters. The molecule has 1 saturated heterocycles. The van der Waals surface area contributed by atoms with Crippen LogP contribution in [0.5, 0.6) is 0 Å². The van der Waals surface area contributed by atoms with Gasteiger partial charge in [-0.15, -0.1) is 0 Å². The van der Waals surface area contributed by atoms with Crippen molar-refractivity contribution < 1.29 is 9.47 Å². The van der Waals surface area contributed by atoms with Crippen LogP contribution >= 0.6 is 0 Å². The molecule has 1 spiro atoms. The molecule has 1 saturated carbocycles. The van der Waals surface area contributed by atoms with E-state index in [4.69, 9.17) is 15.2 Å². The molecule has 1 aliphatic carbocycles. The van der Waals surface area contributed by atoms with Crippen molar-refractivity contribution >= 4 is 0 Å². The molecule has 0 aromatic rings. The molecule has 18 heavy (non-hydrogen) atoms. The van der Waals surface area contributed by atoms with Gasteiger partial charge in [-0.05, 0) is 19.4 Å². The fourth-order valence-corrected chi connectivity index (χ4v) is 3.15. The number of nitrogens with two attached hydrogens (primary N) is 1. The third kappa shape index (κ3) is 3.05. The summed E-state index contributed by atoms with van der Waals surface area (Å²) in [5.41, 5.74) is 6.30. The normalized spacial score (nSPS) is 33.2. The molecule has 0 aromatic heterocycles. The van der Waals surface area contributed by atoms with Gasteiger partial charge in [0.25, 0.3) is 0 Å². The van der Waals surface area contributed by atoms with Crippen molar-refractivity contribution in [3.63, 3.8) is 0 Å². The van der Waals surface area contributed by atoms with Gasteiger partial charge in [0, 0.05) is 31.5 Å². The molecule has 4 heteroatoms. The number of hydrogen-bond donors (Lipinski definition) is 1. The van der Waals surface area contributed by atoms with E-state index >= 15 is 0 Å². The molecular formula is C14H28N2O2. The highest BCUT2D eigenvalue weighted by molar-refractivity contribution is 4.94. The van der Waals surface area contributed by atoms with Gasteiger partial charge in [0.15, 0.2) is 5.79 Å². The van der Waals surface area contributed by atoms with Crippen LogP contribution in [0.3, 0.4) is 0 Å². The van der Waals surface area contributed by atoms with Gasteiger partial charge < -0.3 is 20.1 Å². The molecule has 3 unspecified atom stereocenters. The topological polar surface area (TPSA) is 47.7 Å². The Morgan fingerprint density at radius 1 is 1.39 bits per heavy atom. The highest BCUT2D eigenvalue weighted by Crippen LogP contribution is 2.37. The first kappa shape index (κ1) is 14.3. The Hall–Kier alpha value is -0.160. The predicted molar refractivity (Wildman–Crippen MR) is 72.3 cm³/mol. The third-order valence-electron chi connectivity index (χ3n) is 4.55. The molecule has 2 N–H and O–H groups in total. The van der Waals surface area contributed by atoms with Gasteiger partial charge in [0.1, 0.15) is 0 Å². The van der Waals surface area contributed by atoms with Crippen molar-refractivity contribution in [3.05, 3.63) is 0 Å².